The van der Waals surface area contributed by atoms with Gasteiger partial charge in [-0.25, -0.2) is 8.42 Å². The lowest BCUT2D eigenvalue weighted by atomic mass is 10.0. The fourth-order valence-electron chi connectivity index (χ4n) is 3.90. The van der Waals surface area contributed by atoms with Gasteiger partial charge in [0, 0.05) is 30.4 Å². The summed E-state index contributed by atoms with van der Waals surface area (Å²) in [5.74, 6) is -0.168. The molecule has 8 heteroatoms. The molecule has 1 atom stereocenters. The molecule has 0 saturated carbocycles. The van der Waals surface area contributed by atoms with Gasteiger partial charge in [0.25, 0.3) is 5.91 Å². The average Bonchev–Trinajstić information content (AvgIpc) is 2.81. The summed E-state index contributed by atoms with van der Waals surface area (Å²) in [7, 11) is -3.25. The van der Waals surface area contributed by atoms with E-state index < -0.39 is 9.84 Å². The molecule has 3 rings (SSSR count). The van der Waals surface area contributed by atoms with Gasteiger partial charge in [0.15, 0.2) is 9.84 Å². The van der Waals surface area contributed by atoms with E-state index in [1.165, 1.54) is 12.1 Å². The molecule has 1 aliphatic rings. The fraction of sp³-hybridized carbons (Fsp3) is 0.417. The van der Waals surface area contributed by atoms with E-state index in [1.807, 2.05) is 11.8 Å². The number of hydrogen-bond donors (Lipinski definition) is 2. The molecular weight excluding hydrogens is 426 g/mol. The molecule has 0 radical (unpaired) electrons. The number of nitrogens with one attached hydrogen (secondary N) is 2. The summed E-state index contributed by atoms with van der Waals surface area (Å²) in [6.07, 6.45) is 2.20. The third-order valence-corrected chi connectivity index (χ3v) is 7.51. The number of anilines is 1. The number of carbonyl (C=O) groups excluding carboxylic acids is 2. The zero-order valence-electron chi connectivity index (χ0n) is 18.6. The standard InChI is InChI=1S/C24H31N3O4S/c1-3-27(21-6-5-15-25-17-21)24(29)19-9-11-20(12-10-19)26-23(28)16-18-7-13-22(14-8-18)32(30,31)4-2/h7-14,21,25H,3-6,15-17H2,1-2H3,(H,26,28). The number of amides is 2. The van der Waals surface area contributed by atoms with Gasteiger partial charge < -0.3 is 15.5 Å². The summed E-state index contributed by atoms with van der Waals surface area (Å²) >= 11 is 0. The monoisotopic (exact) mass is 457 g/mol. The van der Waals surface area contributed by atoms with E-state index >= 15 is 0 Å². The highest BCUT2D eigenvalue weighted by atomic mass is 32.2. The quantitative estimate of drug-likeness (QED) is 0.636. The molecular formula is C24H31N3O4S. The van der Waals surface area contributed by atoms with Crippen LogP contribution in [-0.2, 0) is 21.1 Å². The average molecular weight is 458 g/mol. The van der Waals surface area contributed by atoms with Gasteiger partial charge in [0.1, 0.15) is 0 Å². The second-order valence-corrected chi connectivity index (χ2v) is 10.2. The summed E-state index contributed by atoms with van der Waals surface area (Å²) in [6.45, 7) is 6.06. The van der Waals surface area contributed by atoms with E-state index in [0.717, 1.165) is 31.5 Å². The van der Waals surface area contributed by atoms with Gasteiger partial charge in [0.2, 0.25) is 5.91 Å². The lowest BCUT2D eigenvalue weighted by molar-refractivity contribution is -0.115. The molecule has 0 bridgehead atoms. The minimum Gasteiger partial charge on any atom is -0.335 e. The summed E-state index contributed by atoms with van der Waals surface area (Å²) in [4.78, 5) is 27.5. The number of carbonyl (C=O) groups is 2. The zero-order chi connectivity index (χ0) is 23.1. The summed E-state index contributed by atoms with van der Waals surface area (Å²) < 4.78 is 23.8. The molecule has 1 unspecified atom stereocenters. The Morgan fingerprint density at radius 2 is 1.75 bits per heavy atom. The van der Waals surface area contributed by atoms with Crippen molar-refractivity contribution in [2.75, 3.05) is 30.7 Å². The Balaban J connectivity index is 1.59. The number of nitrogens with zero attached hydrogens (tertiary/aromatic N) is 1. The molecule has 7 nitrogen and oxygen atoms in total. The molecule has 32 heavy (non-hydrogen) atoms. The third-order valence-electron chi connectivity index (χ3n) is 5.76. The molecule has 2 amide bonds. The van der Waals surface area contributed by atoms with Gasteiger partial charge in [-0.05, 0) is 68.3 Å². The molecule has 0 aliphatic carbocycles. The lowest BCUT2D eigenvalue weighted by Gasteiger charge is -2.34. The van der Waals surface area contributed by atoms with Crippen molar-refractivity contribution >= 4 is 27.3 Å². The summed E-state index contributed by atoms with van der Waals surface area (Å²) in [5, 5.41) is 6.18. The highest BCUT2D eigenvalue weighted by Crippen LogP contribution is 2.17. The number of likely N-dealkylation sites (N-methyl/N-ethyl adjacent to an activating group) is 1. The van der Waals surface area contributed by atoms with Crippen molar-refractivity contribution in [2.24, 2.45) is 0 Å². The highest BCUT2D eigenvalue weighted by molar-refractivity contribution is 7.91. The van der Waals surface area contributed by atoms with E-state index in [4.69, 9.17) is 0 Å². The highest BCUT2D eigenvalue weighted by Gasteiger charge is 2.24. The van der Waals surface area contributed by atoms with Crippen LogP contribution >= 0.6 is 0 Å². The Labute approximate surface area is 190 Å². The number of rotatable bonds is 8. The molecule has 0 spiro atoms. The van der Waals surface area contributed by atoms with E-state index in [1.54, 1.807) is 43.3 Å². The van der Waals surface area contributed by atoms with Gasteiger partial charge in [0.05, 0.1) is 17.1 Å². The van der Waals surface area contributed by atoms with Crippen LogP contribution in [0.1, 0.15) is 42.6 Å². The first-order valence-corrected chi connectivity index (χ1v) is 12.7. The Kier molecular flexibility index (Phi) is 8.04. The van der Waals surface area contributed by atoms with Crippen molar-refractivity contribution in [2.45, 2.75) is 44.0 Å². The first-order valence-electron chi connectivity index (χ1n) is 11.1. The van der Waals surface area contributed by atoms with Gasteiger partial charge >= 0.3 is 0 Å². The van der Waals surface area contributed by atoms with Crippen LogP contribution in [0.2, 0.25) is 0 Å². The molecule has 2 aromatic carbocycles. The maximum absolute atomic E-state index is 12.9. The SMILES string of the molecule is CCN(C(=O)c1ccc(NC(=O)Cc2ccc(S(=O)(=O)CC)cc2)cc1)C1CCCNC1. The predicted octanol–water partition coefficient (Wildman–Crippen LogP) is 2.88. The van der Waals surface area contributed by atoms with Crippen molar-refractivity contribution in [3.63, 3.8) is 0 Å². The van der Waals surface area contributed by atoms with E-state index in [0.29, 0.717) is 17.8 Å². The zero-order valence-corrected chi connectivity index (χ0v) is 19.5. The molecule has 2 aromatic rings. The predicted molar refractivity (Wildman–Crippen MR) is 126 cm³/mol. The topological polar surface area (TPSA) is 95.6 Å². The Morgan fingerprint density at radius 1 is 1.06 bits per heavy atom. The van der Waals surface area contributed by atoms with E-state index in [9.17, 15) is 18.0 Å². The van der Waals surface area contributed by atoms with Crippen LogP contribution in [0.5, 0.6) is 0 Å². The Hall–Kier alpha value is -2.71. The molecule has 1 saturated heterocycles. The van der Waals surface area contributed by atoms with Crippen molar-refractivity contribution in [3.05, 3.63) is 59.7 Å². The first-order chi connectivity index (χ1) is 15.3. The molecule has 1 aliphatic heterocycles. The molecule has 1 heterocycles. The Morgan fingerprint density at radius 3 is 2.31 bits per heavy atom. The minimum absolute atomic E-state index is 0.00111. The van der Waals surface area contributed by atoms with Gasteiger partial charge in [-0.1, -0.05) is 19.1 Å². The van der Waals surface area contributed by atoms with Crippen LogP contribution in [0.3, 0.4) is 0 Å². The van der Waals surface area contributed by atoms with E-state index in [-0.39, 0.29) is 34.9 Å². The van der Waals surface area contributed by atoms with Crippen molar-refractivity contribution in [1.29, 1.82) is 0 Å². The Bertz CT molecular complexity index is 1030. The van der Waals surface area contributed by atoms with Crippen molar-refractivity contribution < 1.29 is 18.0 Å². The second kappa shape index (κ2) is 10.7. The molecule has 0 aromatic heterocycles. The number of benzene rings is 2. The summed E-state index contributed by atoms with van der Waals surface area (Å²) in [5.41, 5.74) is 1.94. The fourth-order valence-corrected chi connectivity index (χ4v) is 4.79. The van der Waals surface area contributed by atoms with Crippen LogP contribution in [-0.4, -0.2) is 56.6 Å². The minimum atomic E-state index is -3.25. The largest absolute Gasteiger partial charge is 0.335 e. The second-order valence-electron chi connectivity index (χ2n) is 7.94. The van der Waals surface area contributed by atoms with Crippen LogP contribution < -0.4 is 10.6 Å². The van der Waals surface area contributed by atoms with Crippen LogP contribution in [0.25, 0.3) is 0 Å². The van der Waals surface area contributed by atoms with Crippen molar-refractivity contribution in [1.82, 2.24) is 10.2 Å². The lowest BCUT2D eigenvalue weighted by Crippen LogP contribution is -2.48. The molecule has 172 valence electrons. The smallest absolute Gasteiger partial charge is 0.254 e. The van der Waals surface area contributed by atoms with Gasteiger partial charge in [-0.2, -0.15) is 0 Å². The number of hydrogen-bond acceptors (Lipinski definition) is 5. The maximum atomic E-state index is 12.9. The van der Waals surface area contributed by atoms with Crippen LogP contribution in [0.4, 0.5) is 5.69 Å². The first kappa shape index (κ1) is 23.9. The van der Waals surface area contributed by atoms with Crippen LogP contribution in [0.15, 0.2) is 53.4 Å². The van der Waals surface area contributed by atoms with Gasteiger partial charge in [-0.15, -0.1) is 0 Å². The van der Waals surface area contributed by atoms with Gasteiger partial charge in [-0.3, -0.25) is 9.59 Å². The molecule has 1 fully saturated rings. The van der Waals surface area contributed by atoms with E-state index in [2.05, 4.69) is 10.6 Å². The molecule has 2 N–H and O–H groups in total. The third kappa shape index (κ3) is 5.95. The summed E-state index contributed by atoms with van der Waals surface area (Å²) in [6, 6.07) is 13.5. The van der Waals surface area contributed by atoms with Crippen molar-refractivity contribution in [3.8, 4) is 0 Å². The van der Waals surface area contributed by atoms with Crippen LogP contribution in [0, 0.1) is 0 Å². The number of piperidine rings is 1. The number of sulfone groups is 1. The maximum Gasteiger partial charge on any atom is 0.254 e. The normalized spacial score (nSPS) is 16.4.